The molecule has 1 N–H and O–H groups in total. The Hall–Kier alpha value is -1.68. The molecule has 1 aromatic carbocycles. The molecule has 0 spiro atoms. The predicted molar refractivity (Wildman–Crippen MR) is 67.7 cm³/mol. The summed E-state index contributed by atoms with van der Waals surface area (Å²) in [4.78, 5) is 0. The van der Waals surface area contributed by atoms with Crippen molar-refractivity contribution in [2.24, 2.45) is 0 Å². The third kappa shape index (κ3) is 2.59. The van der Waals surface area contributed by atoms with Crippen molar-refractivity contribution in [2.75, 3.05) is 0 Å². The van der Waals surface area contributed by atoms with E-state index in [1.54, 1.807) is 35.1 Å². The summed E-state index contributed by atoms with van der Waals surface area (Å²) >= 11 is 0. The molecule has 3 nitrogen and oxygen atoms in total. The Kier molecular flexibility index (Phi) is 3.77. The summed E-state index contributed by atoms with van der Waals surface area (Å²) in [6.45, 7) is 3.98. The van der Waals surface area contributed by atoms with Gasteiger partial charge in [-0.15, -0.1) is 0 Å². The van der Waals surface area contributed by atoms with Crippen LogP contribution in [0.2, 0.25) is 0 Å². The van der Waals surface area contributed by atoms with Gasteiger partial charge in [-0.3, -0.25) is 4.68 Å². The molecule has 0 aliphatic carbocycles. The van der Waals surface area contributed by atoms with Crippen LogP contribution in [-0.4, -0.2) is 14.9 Å². The van der Waals surface area contributed by atoms with E-state index < -0.39 is 6.10 Å². The van der Waals surface area contributed by atoms with Gasteiger partial charge in [0.1, 0.15) is 5.82 Å². The fourth-order valence-corrected chi connectivity index (χ4v) is 2.00. The zero-order valence-electron chi connectivity index (χ0n) is 10.5. The molecular weight excluding hydrogens is 231 g/mol. The van der Waals surface area contributed by atoms with E-state index >= 15 is 0 Å². The van der Waals surface area contributed by atoms with Crippen molar-refractivity contribution >= 4 is 0 Å². The first kappa shape index (κ1) is 12.8. The van der Waals surface area contributed by atoms with Crippen molar-refractivity contribution < 1.29 is 9.50 Å². The van der Waals surface area contributed by atoms with Crippen LogP contribution in [0.5, 0.6) is 0 Å². The maximum atomic E-state index is 13.5. The van der Waals surface area contributed by atoms with Gasteiger partial charge in [0.05, 0.1) is 11.8 Å². The fourth-order valence-electron chi connectivity index (χ4n) is 2.00. The summed E-state index contributed by atoms with van der Waals surface area (Å²) in [5, 5.41) is 14.4. The van der Waals surface area contributed by atoms with Gasteiger partial charge in [-0.2, -0.15) is 5.10 Å². The SMILES string of the molecule is CC(C)n1nccc1C(O)Cc1ccccc1F. The summed E-state index contributed by atoms with van der Waals surface area (Å²) in [7, 11) is 0. The van der Waals surface area contributed by atoms with Crippen LogP contribution >= 0.6 is 0 Å². The highest BCUT2D eigenvalue weighted by atomic mass is 19.1. The number of aliphatic hydroxyl groups excluding tert-OH is 1. The van der Waals surface area contributed by atoms with Crippen LogP contribution in [-0.2, 0) is 6.42 Å². The third-order valence-electron chi connectivity index (χ3n) is 2.90. The number of aliphatic hydroxyl groups is 1. The zero-order chi connectivity index (χ0) is 13.1. The lowest BCUT2D eigenvalue weighted by molar-refractivity contribution is 0.163. The first-order valence-corrected chi connectivity index (χ1v) is 6.04. The van der Waals surface area contributed by atoms with Gasteiger partial charge < -0.3 is 5.11 Å². The van der Waals surface area contributed by atoms with Gasteiger partial charge in [0, 0.05) is 18.7 Å². The van der Waals surface area contributed by atoms with Crippen LogP contribution in [0.25, 0.3) is 0 Å². The number of benzene rings is 1. The molecule has 0 saturated carbocycles. The van der Waals surface area contributed by atoms with E-state index in [9.17, 15) is 9.50 Å². The van der Waals surface area contributed by atoms with Crippen LogP contribution in [0.15, 0.2) is 36.5 Å². The standard InChI is InChI=1S/C14H17FN2O/c1-10(2)17-13(7-8-16-17)14(18)9-11-5-3-4-6-12(11)15/h3-8,10,14,18H,9H2,1-2H3. The molecule has 2 aromatic rings. The molecule has 1 aromatic heterocycles. The molecule has 0 aliphatic heterocycles. The molecule has 0 aliphatic rings. The summed E-state index contributed by atoms with van der Waals surface area (Å²) < 4.78 is 15.3. The second kappa shape index (κ2) is 5.31. The fraction of sp³-hybridized carbons (Fsp3) is 0.357. The lowest BCUT2D eigenvalue weighted by Gasteiger charge is -2.16. The van der Waals surface area contributed by atoms with Gasteiger partial charge in [0.25, 0.3) is 0 Å². The van der Waals surface area contributed by atoms with Crippen LogP contribution in [0.4, 0.5) is 4.39 Å². The maximum absolute atomic E-state index is 13.5. The second-order valence-corrected chi connectivity index (χ2v) is 4.61. The monoisotopic (exact) mass is 248 g/mol. The first-order chi connectivity index (χ1) is 8.59. The summed E-state index contributed by atoms with van der Waals surface area (Å²) in [5.41, 5.74) is 1.23. The Bertz CT molecular complexity index is 522. The van der Waals surface area contributed by atoms with E-state index in [-0.39, 0.29) is 18.3 Å². The molecule has 96 valence electrons. The quantitative estimate of drug-likeness (QED) is 0.903. The molecule has 0 fully saturated rings. The summed E-state index contributed by atoms with van der Waals surface area (Å²) in [5.74, 6) is -0.285. The van der Waals surface area contributed by atoms with Gasteiger partial charge in [0.2, 0.25) is 0 Å². The Morgan fingerprint density at radius 1 is 1.28 bits per heavy atom. The van der Waals surface area contributed by atoms with E-state index in [4.69, 9.17) is 0 Å². The largest absolute Gasteiger partial charge is 0.386 e. The molecule has 1 atom stereocenters. The second-order valence-electron chi connectivity index (χ2n) is 4.61. The molecule has 0 amide bonds. The highest BCUT2D eigenvalue weighted by Gasteiger charge is 2.16. The third-order valence-corrected chi connectivity index (χ3v) is 2.90. The highest BCUT2D eigenvalue weighted by Crippen LogP contribution is 2.21. The number of aromatic nitrogens is 2. The average molecular weight is 248 g/mol. The lowest BCUT2D eigenvalue weighted by atomic mass is 10.0. The molecule has 4 heteroatoms. The summed E-state index contributed by atoms with van der Waals surface area (Å²) in [6.07, 6.45) is 1.16. The highest BCUT2D eigenvalue weighted by molar-refractivity contribution is 5.20. The number of halogens is 1. The van der Waals surface area contributed by atoms with E-state index in [2.05, 4.69) is 5.10 Å². The predicted octanol–water partition coefficient (Wildman–Crippen LogP) is 2.88. The normalized spacial score (nSPS) is 12.9. The lowest BCUT2D eigenvalue weighted by Crippen LogP contribution is -2.13. The van der Waals surface area contributed by atoms with Gasteiger partial charge >= 0.3 is 0 Å². The Balaban J connectivity index is 2.20. The van der Waals surface area contributed by atoms with Crippen LogP contribution < -0.4 is 0 Å². The van der Waals surface area contributed by atoms with Crippen molar-refractivity contribution in [1.29, 1.82) is 0 Å². The molecule has 2 rings (SSSR count). The molecule has 1 heterocycles. The van der Waals surface area contributed by atoms with Gasteiger partial charge in [-0.25, -0.2) is 4.39 Å². The topological polar surface area (TPSA) is 38.0 Å². The van der Waals surface area contributed by atoms with E-state index in [0.717, 1.165) is 0 Å². The number of hydrogen-bond acceptors (Lipinski definition) is 2. The van der Waals surface area contributed by atoms with Crippen molar-refractivity contribution in [1.82, 2.24) is 9.78 Å². The minimum atomic E-state index is -0.744. The van der Waals surface area contributed by atoms with Gasteiger partial charge in [-0.1, -0.05) is 18.2 Å². The number of nitrogens with zero attached hydrogens (tertiary/aromatic N) is 2. The van der Waals surface area contributed by atoms with Gasteiger partial charge in [-0.05, 0) is 31.5 Å². The molecule has 0 bridgehead atoms. The minimum absolute atomic E-state index is 0.172. The van der Waals surface area contributed by atoms with Crippen molar-refractivity contribution in [3.05, 3.63) is 53.6 Å². The average Bonchev–Trinajstić information content (AvgIpc) is 2.81. The maximum Gasteiger partial charge on any atom is 0.126 e. The number of hydrogen-bond donors (Lipinski definition) is 1. The molecular formula is C14H17FN2O. The van der Waals surface area contributed by atoms with E-state index in [1.165, 1.54) is 6.07 Å². The van der Waals surface area contributed by atoms with Crippen molar-refractivity contribution in [2.45, 2.75) is 32.4 Å². The molecule has 1 unspecified atom stereocenters. The Labute approximate surface area is 106 Å². The molecule has 0 saturated heterocycles. The van der Waals surface area contributed by atoms with Crippen molar-refractivity contribution in [3.63, 3.8) is 0 Å². The van der Waals surface area contributed by atoms with Crippen LogP contribution in [0.1, 0.15) is 37.3 Å². The van der Waals surface area contributed by atoms with Crippen molar-refractivity contribution in [3.8, 4) is 0 Å². The van der Waals surface area contributed by atoms with Crippen LogP contribution in [0, 0.1) is 5.82 Å². The Morgan fingerprint density at radius 3 is 2.67 bits per heavy atom. The smallest absolute Gasteiger partial charge is 0.126 e. The molecule has 18 heavy (non-hydrogen) atoms. The minimum Gasteiger partial charge on any atom is -0.386 e. The van der Waals surface area contributed by atoms with E-state index in [0.29, 0.717) is 11.3 Å². The zero-order valence-corrected chi connectivity index (χ0v) is 10.5. The van der Waals surface area contributed by atoms with E-state index in [1.807, 2.05) is 13.8 Å². The van der Waals surface area contributed by atoms with Crippen LogP contribution in [0.3, 0.4) is 0 Å². The number of rotatable bonds is 4. The Morgan fingerprint density at radius 2 is 2.00 bits per heavy atom. The molecule has 0 radical (unpaired) electrons. The first-order valence-electron chi connectivity index (χ1n) is 6.04. The summed E-state index contributed by atoms with van der Waals surface area (Å²) in [6, 6.07) is 8.45. The van der Waals surface area contributed by atoms with Gasteiger partial charge in [0.15, 0.2) is 0 Å².